The van der Waals surface area contributed by atoms with E-state index in [-0.39, 0.29) is 0 Å². The Kier molecular flexibility index (Phi) is 7.77. The molecule has 0 aromatic heterocycles. The van der Waals surface area contributed by atoms with Crippen molar-refractivity contribution in [1.82, 2.24) is 15.1 Å². The molecule has 144 valence electrons. The third-order valence-electron chi connectivity index (χ3n) is 5.50. The molecule has 0 aliphatic carbocycles. The predicted molar refractivity (Wildman–Crippen MR) is 108 cm³/mol. The van der Waals surface area contributed by atoms with E-state index in [2.05, 4.69) is 50.4 Å². The summed E-state index contributed by atoms with van der Waals surface area (Å²) < 4.78 is 5.48. The van der Waals surface area contributed by atoms with Gasteiger partial charge in [-0.25, -0.2) is 0 Å². The minimum Gasteiger partial charge on any atom is -0.379 e. The SMILES string of the molecule is CN=C(NCCCCCc1ccccc1)N1CCC(N2CCOCC2)C1. The van der Waals surface area contributed by atoms with Crippen LogP contribution in [0.2, 0.25) is 0 Å². The van der Waals surface area contributed by atoms with E-state index in [0.29, 0.717) is 6.04 Å². The van der Waals surface area contributed by atoms with E-state index >= 15 is 0 Å². The van der Waals surface area contributed by atoms with Crippen LogP contribution < -0.4 is 5.32 Å². The lowest BCUT2D eigenvalue weighted by molar-refractivity contribution is 0.0195. The zero-order valence-electron chi connectivity index (χ0n) is 16.2. The highest BCUT2D eigenvalue weighted by atomic mass is 16.5. The molecular weight excluding hydrogens is 324 g/mol. The van der Waals surface area contributed by atoms with E-state index < -0.39 is 0 Å². The van der Waals surface area contributed by atoms with Crippen LogP contribution in [0, 0.1) is 0 Å². The van der Waals surface area contributed by atoms with Gasteiger partial charge in [-0.05, 0) is 31.2 Å². The number of hydrogen-bond donors (Lipinski definition) is 1. The lowest BCUT2D eigenvalue weighted by Gasteiger charge is -2.32. The number of nitrogens with one attached hydrogen (secondary N) is 1. The van der Waals surface area contributed by atoms with Gasteiger partial charge in [0.1, 0.15) is 0 Å². The van der Waals surface area contributed by atoms with Crippen molar-refractivity contribution >= 4 is 5.96 Å². The van der Waals surface area contributed by atoms with Gasteiger partial charge >= 0.3 is 0 Å². The third kappa shape index (κ3) is 5.71. The van der Waals surface area contributed by atoms with Crippen LogP contribution in [0.1, 0.15) is 31.2 Å². The molecule has 1 atom stereocenters. The first-order chi connectivity index (χ1) is 12.9. The Bertz CT molecular complexity index is 542. The van der Waals surface area contributed by atoms with Crippen LogP contribution in [0.4, 0.5) is 0 Å². The van der Waals surface area contributed by atoms with Crippen molar-refractivity contribution in [2.75, 3.05) is 53.0 Å². The highest BCUT2D eigenvalue weighted by molar-refractivity contribution is 5.80. The van der Waals surface area contributed by atoms with Gasteiger partial charge in [0.15, 0.2) is 5.96 Å². The van der Waals surface area contributed by atoms with Crippen LogP contribution in [0.25, 0.3) is 0 Å². The number of benzene rings is 1. The van der Waals surface area contributed by atoms with Gasteiger partial charge in [-0.3, -0.25) is 9.89 Å². The molecule has 0 radical (unpaired) electrons. The van der Waals surface area contributed by atoms with Crippen molar-refractivity contribution in [1.29, 1.82) is 0 Å². The molecule has 0 amide bonds. The molecular formula is C21H34N4O. The summed E-state index contributed by atoms with van der Waals surface area (Å²) in [6, 6.07) is 11.4. The zero-order chi connectivity index (χ0) is 18.0. The fraction of sp³-hybridized carbons (Fsp3) is 0.667. The van der Waals surface area contributed by atoms with Crippen LogP contribution in [-0.2, 0) is 11.2 Å². The molecule has 3 rings (SSSR count). The highest BCUT2D eigenvalue weighted by Gasteiger charge is 2.30. The summed E-state index contributed by atoms with van der Waals surface area (Å²) in [5.74, 6) is 1.07. The summed E-state index contributed by atoms with van der Waals surface area (Å²) in [5.41, 5.74) is 1.45. The maximum absolute atomic E-state index is 5.48. The van der Waals surface area contributed by atoms with E-state index in [1.165, 1.54) is 37.7 Å². The van der Waals surface area contributed by atoms with E-state index in [4.69, 9.17) is 4.74 Å². The van der Waals surface area contributed by atoms with Crippen molar-refractivity contribution < 1.29 is 4.74 Å². The smallest absolute Gasteiger partial charge is 0.193 e. The van der Waals surface area contributed by atoms with Crippen molar-refractivity contribution in [2.45, 2.75) is 38.1 Å². The summed E-state index contributed by atoms with van der Waals surface area (Å²) in [4.78, 5) is 9.51. The van der Waals surface area contributed by atoms with Crippen LogP contribution >= 0.6 is 0 Å². The second-order valence-corrected chi connectivity index (χ2v) is 7.31. The van der Waals surface area contributed by atoms with Gasteiger partial charge in [0.2, 0.25) is 0 Å². The number of aliphatic imine (C=N–C) groups is 1. The Hall–Kier alpha value is -1.59. The van der Waals surface area contributed by atoms with E-state index in [0.717, 1.165) is 51.9 Å². The molecule has 0 saturated carbocycles. The van der Waals surface area contributed by atoms with Gasteiger partial charge in [-0.1, -0.05) is 36.8 Å². The lowest BCUT2D eigenvalue weighted by atomic mass is 10.1. The summed E-state index contributed by atoms with van der Waals surface area (Å²) in [6.07, 6.45) is 6.13. The quantitative estimate of drug-likeness (QED) is 0.462. The predicted octanol–water partition coefficient (Wildman–Crippen LogP) is 2.38. The van der Waals surface area contributed by atoms with Crippen LogP contribution in [0.5, 0.6) is 0 Å². The first-order valence-electron chi connectivity index (χ1n) is 10.2. The number of nitrogens with zero attached hydrogens (tertiary/aromatic N) is 3. The summed E-state index contributed by atoms with van der Waals surface area (Å²) in [7, 11) is 1.90. The minimum absolute atomic E-state index is 0.656. The molecule has 1 N–H and O–H groups in total. The number of rotatable bonds is 7. The Morgan fingerprint density at radius 1 is 1.12 bits per heavy atom. The molecule has 2 aliphatic rings. The largest absolute Gasteiger partial charge is 0.379 e. The van der Waals surface area contributed by atoms with Crippen LogP contribution in [0.3, 0.4) is 0 Å². The van der Waals surface area contributed by atoms with Gasteiger partial charge in [0.05, 0.1) is 13.2 Å². The number of ether oxygens (including phenoxy) is 1. The molecule has 2 aliphatic heterocycles. The van der Waals surface area contributed by atoms with E-state index in [1.54, 1.807) is 0 Å². The second-order valence-electron chi connectivity index (χ2n) is 7.31. The molecule has 2 saturated heterocycles. The number of hydrogen-bond acceptors (Lipinski definition) is 3. The average Bonchev–Trinajstić information content (AvgIpc) is 3.19. The first-order valence-corrected chi connectivity index (χ1v) is 10.2. The van der Waals surface area contributed by atoms with Gasteiger partial charge < -0.3 is 15.0 Å². The standard InChI is InChI=1S/C21H34N4O/c1-22-21(23-12-7-3-6-10-19-8-4-2-5-9-19)25-13-11-20(18-25)24-14-16-26-17-15-24/h2,4-5,8-9,20H,3,6-7,10-18H2,1H3,(H,22,23). The minimum atomic E-state index is 0.656. The number of aryl methyl sites for hydroxylation is 1. The van der Waals surface area contributed by atoms with Gasteiger partial charge in [-0.2, -0.15) is 0 Å². The molecule has 5 heteroatoms. The van der Waals surface area contributed by atoms with E-state index in [9.17, 15) is 0 Å². The van der Waals surface area contributed by atoms with Crippen molar-refractivity contribution in [3.8, 4) is 0 Å². The number of unbranched alkanes of at least 4 members (excludes halogenated alkanes) is 2. The van der Waals surface area contributed by atoms with E-state index in [1.807, 2.05) is 7.05 Å². The molecule has 1 aromatic rings. The number of guanidine groups is 1. The molecule has 5 nitrogen and oxygen atoms in total. The molecule has 2 heterocycles. The highest BCUT2D eigenvalue weighted by Crippen LogP contribution is 2.17. The lowest BCUT2D eigenvalue weighted by Crippen LogP contribution is -2.46. The summed E-state index contributed by atoms with van der Waals surface area (Å²) >= 11 is 0. The number of likely N-dealkylation sites (tertiary alicyclic amines) is 1. The zero-order valence-corrected chi connectivity index (χ0v) is 16.2. The monoisotopic (exact) mass is 358 g/mol. The molecule has 2 fully saturated rings. The Morgan fingerprint density at radius 2 is 1.92 bits per heavy atom. The topological polar surface area (TPSA) is 40.1 Å². The summed E-state index contributed by atoms with van der Waals surface area (Å²) in [6.45, 7) is 7.13. The molecule has 1 unspecified atom stereocenters. The van der Waals surface area contributed by atoms with Gasteiger partial charge in [0.25, 0.3) is 0 Å². The molecule has 26 heavy (non-hydrogen) atoms. The molecule has 0 bridgehead atoms. The first kappa shape index (κ1) is 19.2. The normalized spacial score (nSPS) is 22.0. The fourth-order valence-corrected chi connectivity index (χ4v) is 3.98. The van der Waals surface area contributed by atoms with Crippen molar-refractivity contribution in [2.24, 2.45) is 4.99 Å². The van der Waals surface area contributed by atoms with Crippen LogP contribution in [0.15, 0.2) is 35.3 Å². The fourth-order valence-electron chi connectivity index (χ4n) is 3.98. The maximum Gasteiger partial charge on any atom is 0.193 e. The van der Waals surface area contributed by atoms with Crippen molar-refractivity contribution in [3.63, 3.8) is 0 Å². The Balaban J connectivity index is 1.31. The second kappa shape index (κ2) is 10.5. The molecule has 1 aromatic carbocycles. The maximum atomic E-state index is 5.48. The third-order valence-corrected chi connectivity index (χ3v) is 5.50. The average molecular weight is 359 g/mol. The van der Waals surface area contributed by atoms with Crippen molar-refractivity contribution in [3.05, 3.63) is 35.9 Å². The van der Waals surface area contributed by atoms with Gasteiger partial charge in [-0.15, -0.1) is 0 Å². The molecule has 0 spiro atoms. The Morgan fingerprint density at radius 3 is 2.69 bits per heavy atom. The number of morpholine rings is 1. The Labute approximate surface area is 158 Å². The van der Waals surface area contributed by atoms with Gasteiger partial charge in [0, 0.05) is 45.8 Å². The summed E-state index contributed by atoms with van der Waals surface area (Å²) in [5, 5.41) is 3.57. The van der Waals surface area contributed by atoms with Crippen LogP contribution in [-0.4, -0.2) is 74.8 Å².